The van der Waals surface area contributed by atoms with Crippen molar-refractivity contribution in [1.82, 2.24) is 14.5 Å². The van der Waals surface area contributed by atoms with Gasteiger partial charge in [0, 0.05) is 32.7 Å². The van der Waals surface area contributed by atoms with Crippen molar-refractivity contribution >= 4 is 34.8 Å². The van der Waals surface area contributed by atoms with E-state index in [1.165, 1.54) is 9.47 Å². The Bertz CT molecular complexity index is 1380. The molecule has 0 bridgehead atoms. The Morgan fingerprint density at radius 1 is 1.06 bits per heavy atom. The lowest BCUT2D eigenvalue weighted by atomic mass is 10.0. The van der Waals surface area contributed by atoms with Crippen LogP contribution in [0.3, 0.4) is 0 Å². The molecular weight excluding hydrogens is 483 g/mol. The van der Waals surface area contributed by atoms with Gasteiger partial charge in [0.2, 0.25) is 5.95 Å². The van der Waals surface area contributed by atoms with Gasteiger partial charge in [-0.3, -0.25) is 9.69 Å². The quantitative estimate of drug-likeness (QED) is 0.459. The van der Waals surface area contributed by atoms with Gasteiger partial charge in [0.05, 0.1) is 28.7 Å². The minimum atomic E-state index is -3.22. The van der Waals surface area contributed by atoms with Crippen molar-refractivity contribution in [3.63, 3.8) is 0 Å². The van der Waals surface area contributed by atoms with Crippen LogP contribution in [0.2, 0.25) is 10.0 Å². The summed E-state index contributed by atoms with van der Waals surface area (Å²) in [6.45, 7) is 8.06. The van der Waals surface area contributed by atoms with Crippen LogP contribution in [0, 0.1) is 6.57 Å². The van der Waals surface area contributed by atoms with Crippen LogP contribution in [-0.4, -0.2) is 27.5 Å². The molecule has 0 saturated heterocycles. The Hall–Kier alpha value is -2.99. The fourth-order valence-corrected chi connectivity index (χ4v) is 4.98. The van der Waals surface area contributed by atoms with Crippen LogP contribution in [0.15, 0.2) is 47.3 Å². The molecule has 174 valence electrons. The van der Waals surface area contributed by atoms with Crippen LogP contribution in [0.1, 0.15) is 22.4 Å². The molecule has 0 atom stereocenters. The predicted molar refractivity (Wildman–Crippen MR) is 127 cm³/mol. The monoisotopic (exact) mass is 501 g/mol. The highest BCUT2D eigenvalue weighted by atomic mass is 35.5. The van der Waals surface area contributed by atoms with Crippen molar-refractivity contribution in [3.05, 3.63) is 96.7 Å². The second-order valence-electron chi connectivity index (χ2n) is 8.50. The van der Waals surface area contributed by atoms with Crippen molar-refractivity contribution in [3.8, 4) is 0 Å². The highest BCUT2D eigenvalue weighted by molar-refractivity contribution is 6.42. The first-order valence-electron chi connectivity index (χ1n) is 10.6. The second-order valence-corrected chi connectivity index (χ2v) is 9.31. The molecule has 0 amide bonds. The summed E-state index contributed by atoms with van der Waals surface area (Å²) in [6.07, 6.45) is 0. The minimum absolute atomic E-state index is 0.0257. The maximum absolute atomic E-state index is 15.5. The highest BCUT2D eigenvalue weighted by Gasteiger charge is 2.46. The molecule has 0 radical (unpaired) electrons. The lowest BCUT2D eigenvalue weighted by Crippen LogP contribution is -2.45. The summed E-state index contributed by atoms with van der Waals surface area (Å²) < 4.78 is 32.4. The molecule has 0 unspecified atom stereocenters. The number of anilines is 1. The molecule has 2 aliphatic rings. The van der Waals surface area contributed by atoms with Gasteiger partial charge in [-0.05, 0) is 23.3 Å². The molecule has 6 nitrogen and oxygen atoms in total. The summed E-state index contributed by atoms with van der Waals surface area (Å²) >= 11 is 12.1. The smallest absolute Gasteiger partial charge is 0.300 e. The molecule has 0 fully saturated rings. The van der Waals surface area contributed by atoms with E-state index < -0.39 is 18.0 Å². The normalized spacial score (nSPS) is 16.7. The van der Waals surface area contributed by atoms with Crippen LogP contribution in [-0.2, 0) is 32.1 Å². The van der Waals surface area contributed by atoms with Gasteiger partial charge in [0.1, 0.15) is 5.69 Å². The number of halogens is 4. The van der Waals surface area contributed by atoms with E-state index in [2.05, 4.69) is 9.83 Å². The Kier molecular flexibility index (Phi) is 5.80. The Labute approximate surface area is 204 Å². The zero-order chi connectivity index (χ0) is 24.0. The van der Waals surface area contributed by atoms with Gasteiger partial charge >= 0.3 is 5.92 Å². The van der Waals surface area contributed by atoms with Crippen molar-refractivity contribution < 1.29 is 8.78 Å². The maximum Gasteiger partial charge on any atom is 0.300 e. The van der Waals surface area contributed by atoms with E-state index >= 15 is 8.78 Å². The molecule has 0 aliphatic carbocycles. The third kappa shape index (κ3) is 4.16. The Morgan fingerprint density at radius 2 is 1.85 bits per heavy atom. The summed E-state index contributed by atoms with van der Waals surface area (Å²) in [5.41, 5.74) is 1.18. The maximum atomic E-state index is 15.5. The van der Waals surface area contributed by atoms with Gasteiger partial charge < -0.3 is 9.47 Å². The molecule has 2 aliphatic heterocycles. The summed E-state index contributed by atoms with van der Waals surface area (Å²) in [4.78, 5) is 23.8. The van der Waals surface area contributed by atoms with E-state index in [1.807, 2.05) is 6.07 Å². The van der Waals surface area contributed by atoms with Crippen molar-refractivity contribution in [1.29, 1.82) is 0 Å². The molecule has 10 heteroatoms. The number of alkyl halides is 2. The third-order valence-corrected chi connectivity index (χ3v) is 6.83. The number of hydrogen-bond acceptors (Lipinski definition) is 4. The van der Waals surface area contributed by atoms with E-state index in [9.17, 15) is 4.79 Å². The highest BCUT2D eigenvalue weighted by Crippen LogP contribution is 2.39. The number of fused-ring (bicyclic) bond motifs is 3. The average molecular weight is 502 g/mol. The fraction of sp³-hybridized carbons (Fsp3) is 0.292. The van der Waals surface area contributed by atoms with E-state index in [0.29, 0.717) is 35.4 Å². The molecule has 0 saturated carbocycles. The number of nitrogens with zero attached hydrogens (tertiary/aromatic N) is 5. The molecule has 34 heavy (non-hydrogen) atoms. The number of aromatic nitrogens is 2. The van der Waals surface area contributed by atoms with Crippen LogP contribution in [0.4, 0.5) is 20.4 Å². The average Bonchev–Trinajstić information content (AvgIpc) is 3.17. The minimum Gasteiger partial charge on any atom is -0.336 e. The fourth-order valence-electron chi connectivity index (χ4n) is 4.66. The largest absolute Gasteiger partial charge is 0.336 e. The summed E-state index contributed by atoms with van der Waals surface area (Å²) in [6, 6.07) is 12.1. The molecule has 3 heterocycles. The summed E-state index contributed by atoms with van der Waals surface area (Å²) in [5.74, 6) is -2.98. The van der Waals surface area contributed by atoms with E-state index in [1.54, 1.807) is 41.3 Å². The first kappa shape index (κ1) is 22.8. The summed E-state index contributed by atoms with van der Waals surface area (Å²) in [5, 5.41) is 0.836. The third-order valence-electron chi connectivity index (χ3n) is 6.09. The SMILES string of the molecule is [C-]#[N+]c1cccc(CN2Cc3c(n4c(nc3=O)N(Cc3ccc(Cl)c(Cl)c3)CC4)C(F)(F)C2)c1. The molecule has 3 aromatic rings. The predicted octanol–water partition coefficient (Wildman–Crippen LogP) is 5.23. The van der Waals surface area contributed by atoms with Crippen LogP contribution < -0.4 is 10.5 Å². The number of rotatable bonds is 4. The van der Waals surface area contributed by atoms with E-state index in [-0.39, 0.29) is 30.3 Å². The molecule has 2 aromatic carbocycles. The van der Waals surface area contributed by atoms with Gasteiger partial charge in [-0.2, -0.15) is 13.8 Å². The van der Waals surface area contributed by atoms with Gasteiger partial charge in [0.25, 0.3) is 5.56 Å². The standard InChI is InChI=1S/C24H19Cl2F2N5O/c1-29-17-4-2-3-15(9-17)11-31-13-18-21(24(27,28)14-31)33-8-7-32(23(33)30-22(18)34)12-16-5-6-19(25)20(26)10-16/h2-6,9-10H,7-8,11-14H2. The zero-order valence-corrected chi connectivity index (χ0v) is 19.5. The van der Waals surface area contributed by atoms with Gasteiger partial charge in [0.15, 0.2) is 5.69 Å². The van der Waals surface area contributed by atoms with Crippen molar-refractivity contribution in [2.75, 3.05) is 18.0 Å². The molecular formula is C24H19Cl2F2N5O. The zero-order valence-electron chi connectivity index (χ0n) is 17.9. The van der Waals surface area contributed by atoms with Crippen molar-refractivity contribution in [2.24, 2.45) is 0 Å². The first-order chi connectivity index (χ1) is 16.2. The molecule has 5 rings (SSSR count). The van der Waals surface area contributed by atoms with Gasteiger partial charge in [-0.15, -0.1) is 0 Å². The van der Waals surface area contributed by atoms with Crippen molar-refractivity contribution in [2.45, 2.75) is 32.1 Å². The van der Waals surface area contributed by atoms with E-state index in [4.69, 9.17) is 29.8 Å². The first-order valence-corrected chi connectivity index (χ1v) is 11.4. The van der Waals surface area contributed by atoms with Gasteiger partial charge in [-0.1, -0.05) is 53.5 Å². The van der Waals surface area contributed by atoms with Crippen LogP contribution in [0.25, 0.3) is 4.85 Å². The Morgan fingerprint density at radius 3 is 2.62 bits per heavy atom. The molecule has 1 aromatic heterocycles. The van der Waals surface area contributed by atoms with E-state index in [0.717, 1.165) is 11.1 Å². The second kappa shape index (κ2) is 8.66. The number of benzene rings is 2. The lowest BCUT2D eigenvalue weighted by Gasteiger charge is -2.35. The lowest BCUT2D eigenvalue weighted by molar-refractivity contribution is -0.0621. The molecule has 0 spiro atoms. The van der Waals surface area contributed by atoms with Crippen LogP contribution >= 0.6 is 23.2 Å². The summed E-state index contributed by atoms with van der Waals surface area (Å²) in [7, 11) is 0. The Balaban J connectivity index is 1.45. The van der Waals surface area contributed by atoms with Crippen LogP contribution in [0.5, 0.6) is 0 Å². The molecule has 0 N–H and O–H groups in total. The number of hydrogen-bond donors (Lipinski definition) is 0. The topological polar surface area (TPSA) is 45.7 Å². The van der Waals surface area contributed by atoms with Gasteiger partial charge in [-0.25, -0.2) is 4.85 Å².